The molecule has 94 valence electrons. The summed E-state index contributed by atoms with van der Waals surface area (Å²) in [5.41, 5.74) is 5.36. The summed E-state index contributed by atoms with van der Waals surface area (Å²) in [5.74, 6) is 1.10. The van der Waals surface area contributed by atoms with Gasteiger partial charge in [-0.15, -0.1) is 0 Å². The Morgan fingerprint density at radius 2 is 2.35 bits per heavy atom. The molecule has 0 saturated heterocycles. The van der Waals surface area contributed by atoms with Crippen molar-refractivity contribution >= 4 is 11.2 Å². The molecule has 3 N–H and O–H groups in total. The minimum atomic E-state index is -1.05. The molecule has 1 aliphatic heterocycles. The van der Waals surface area contributed by atoms with Crippen molar-refractivity contribution in [2.75, 3.05) is 19.4 Å². The van der Waals surface area contributed by atoms with Gasteiger partial charge in [0.1, 0.15) is 19.0 Å². The van der Waals surface area contributed by atoms with Gasteiger partial charge in [0, 0.05) is 12.6 Å². The van der Waals surface area contributed by atoms with E-state index in [-0.39, 0.29) is 13.2 Å². The third-order valence-corrected chi connectivity index (χ3v) is 3.52. The van der Waals surface area contributed by atoms with Crippen molar-refractivity contribution < 1.29 is 19.1 Å². The summed E-state index contributed by atoms with van der Waals surface area (Å²) in [6.45, 7) is 0.367. The van der Waals surface area contributed by atoms with Gasteiger partial charge >= 0.3 is 0 Å². The van der Waals surface area contributed by atoms with Crippen molar-refractivity contribution in [3.05, 3.63) is 18.2 Å². The van der Waals surface area contributed by atoms with Crippen molar-refractivity contribution in [1.29, 1.82) is 0 Å². The van der Waals surface area contributed by atoms with E-state index in [0.29, 0.717) is 16.4 Å². The Balaban J connectivity index is 2.17. The number of hydrogen-bond donors (Lipinski definition) is 2. The molecule has 0 spiro atoms. The highest BCUT2D eigenvalue weighted by molar-refractivity contribution is 7.90. The van der Waals surface area contributed by atoms with E-state index in [1.165, 1.54) is 0 Å². The molecule has 0 fully saturated rings. The monoisotopic (exact) mass is 257 g/mol. The summed E-state index contributed by atoms with van der Waals surface area (Å²) in [4.78, 5) is 0.685. The average molecular weight is 257 g/mol. The van der Waals surface area contributed by atoms with E-state index in [1.54, 1.807) is 24.5 Å². The lowest BCUT2D eigenvalue weighted by molar-refractivity contribution is -0.00546. The van der Waals surface area contributed by atoms with E-state index >= 15 is 0 Å². The number of ether oxygens (including phenoxy) is 2. The second-order valence-electron chi connectivity index (χ2n) is 3.83. The predicted molar refractivity (Wildman–Crippen MR) is 63.7 cm³/mol. The molecule has 17 heavy (non-hydrogen) atoms. The van der Waals surface area contributed by atoms with Crippen molar-refractivity contribution in [2.24, 2.45) is 5.73 Å². The zero-order chi connectivity index (χ0) is 12.4. The van der Waals surface area contributed by atoms with Crippen molar-refractivity contribution in [3.63, 3.8) is 0 Å². The van der Waals surface area contributed by atoms with Gasteiger partial charge in [0.2, 0.25) is 0 Å². The standard InChI is InChI=1S/C11H15NO4S/c1-17(14)7-2-3-9-10(4-7)15-6-11(16-9)8(13)5-12/h2-4,8,11,13H,5-6,12H2,1H3. The molecule has 1 aliphatic rings. The minimum absolute atomic E-state index is 0.125. The molecule has 0 aliphatic carbocycles. The molecule has 5 nitrogen and oxygen atoms in total. The first-order valence-electron chi connectivity index (χ1n) is 5.27. The van der Waals surface area contributed by atoms with Crippen LogP contribution in [0.15, 0.2) is 23.1 Å². The first-order chi connectivity index (χ1) is 8.11. The van der Waals surface area contributed by atoms with Gasteiger partial charge in [0.05, 0.1) is 0 Å². The Hall–Kier alpha value is -0.950. The highest BCUT2D eigenvalue weighted by atomic mass is 32.2. The van der Waals surface area contributed by atoms with Crippen LogP contribution in [-0.4, -0.2) is 41.3 Å². The fourth-order valence-electron chi connectivity index (χ4n) is 1.59. The molecule has 3 unspecified atom stereocenters. The first kappa shape index (κ1) is 12.5. The second kappa shape index (κ2) is 5.14. The fraction of sp³-hybridized carbons (Fsp3) is 0.455. The molecular formula is C11H15NO4S. The van der Waals surface area contributed by atoms with E-state index in [9.17, 15) is 9.66 Å². The molecular weight excluding hydrogens is 242 g/mol. The zero-order valence-electron chi connectivity index (χ0n) is 9.46. The number of aliphatic hydroxyl groups is 1. The quantitative estimate of drug-likeness (QED) is 0.737. The summed E-state index contributed by atoms with van der Waals surface area (Å²) in [6, 6.07) is 5.10. The third kappa shape index (κ3) is 2.66. The van der Waals surface area contributed by atoms with Gasteiger partial charge in [-0.05, 0) is 23.3 Å². The second-order valence-corrected chi connectivity index (χ2v) is 5.21. The molecule has 0 saturated carbocycles. The van der Waals surface area contributed by atoms with E-state index in [4.69, 9.17) is 15.2 Å². The molecule has 2 rings (SSSR count). The predicted octanol–water partition coefficient (Wildman–Crippen LogP) is -0.117. The maximum atomic E-state index is 11.3. The lowest BCUT2D eigenvalue weighted by Gasteiger charge is -2.29. The maximum Gasteiger partial charge on any atom is 0.166 e. The van der Waals surface area contributed by atoms with E-state index in [2.05, 4.69) is 0 Å². The molecule has 0 radical (unpaired) electrons. The van der Waals surface area contributed by atoms with Gasteiger partial charge in [-0.1, -0.05) is 0 Å². The van der Waals surface area contributed by atoms with Crippen LogP contribution >= 0.6 is 0 Å². The Kier molecular flexibility index (Phi) is 3.78. The fourth-order valence-corrected chi connectivity index (χ4v) is 2.12. The van der Waals surface area contributed by atoms with Crippen molar-refractivity contribution in [2.45, 2.75) is 17.1 Å². The first-order valence-corrected chi connectivity index (χ1v) is 6.82. The molecule has 0 aromatic heterocycles. The highest BCUT2D eigenvalue weighted by Gasteiger charge is 2.27. The van der Waals surface area contributed by atoms with Crippen LogP contribution in [0.1, 0.15) is 0 Å². The van der Waals surface area contributed by atoms with Crippen LogP contribution in [-0.2, 0) is 11.2 Å². The number of fused-ring (bicyclic) bond motifs is 1. The Morgan fingerprint density at radius 1 is 1.59 bits per heavy atom. The topological polar surface area (TPSA) is 87.8 Å². The summed E-state index contributed by atoms with van der Waals surface area (Å²) in [5, 5.41) is 9.57. The molecule has 6 heteroatoms. The number of rotatable bonds is 3. The summed E-state index contributed by atoms with van der Waals surface area (Å²) in [6.07, 6.45) is 0.403. The molecule has 1 aromatic rings. The number of nitrogens with two attached hydrogens (primary N) is 1. The zero-order valence-corrected chi connectivity index (χ0v) is 10.3. The van der Waals surface area contributed by atoms with Gasteiger partial charge in [-0.25, -0.2) is 0 Å². The Bertz CT molecular complexity index is 399. The van der Waals surface area contributed by atoms with Gasteiger partial charge in [-0.2, -0.15) is 0 Å². The maximum absolute atomic E-state index is 11.3. The van der Waals surface area contributed by atoms with Gasteiger partial charge in [0.15, 0.2) is 22.5 Å². The summed E-state index contributed by atoms with van der Waals surface area (Å²) in [7, 11) is 0. The smallest absolute Gasteiger partial charge is 0.166 e. The Labute approximate surface area is 103 Å². The van der Waals surface area contributed by atoms with Crippen LogP contribution in [0.4, 0.5) is 0 Å². The van der Waals surface area contributed by atoms with Crippen LogP contribution in [0.25, 0.3) is 0 Å². The van der Waals surface area contributed by atoms with Crippen molar-refractivity contribution in [1.82, 2.24) is 0 Å². The van der Waals surface area contributed by atoms with Gasteiger partial charge in [0.25, 0.3) is 0 Å². The van der Waals surface area contributed by atoms with E-state index in [1.807, 2.05) is 0 Å². The molecule has 0 bridgehead atoms. The SMILES string of the molecule is C[S+]([O-])c1ccc2c(c1)OCC(C(O)CN)O2. The largest absolute Gasteiger partial charge is 0.612 e. The Morgan fingerprint density at radius 3 is 3.00 bits per heavy atom. The lowest BCUT2D eigenvalue weighted by atomic mass is 10.2. The van der Waals surface area contributed by atoms with Crippen molar-refractivity contribution in [3.8, 4) is 11.5 Å². The molecule has 1 aromatic carbocycles. The van der Waals surface area contributed by atoms with Crippen LogP contribution in [0.5, 0.6) is 11.5 Å². The number of benzene rings is 1. The number of hydrogen-bond acceptors (Lipinski definition) is 5. The van der Waals surface area contributed by atoms with Gasteiger partial charge in [-0.3, -0.25) is 0 Å². The van der Waals surface area contributed by atoms with Crippen LogP contribution in [0, 0.1) is 0 Å². The highest BCUT2D eigenvalue weighted by Crippen LogP contribution is 2.34. The summed E-state index contributed by atoms with van der Waals surface area (Å²) >= 11 is -1.05. The molecule has 1 heterocycles. The van der Waals surface area contributed by atoms with Crippen LogP contribution < -0.4 is 15.2 Å². The van der Waals surface area contributed by atoms with Crippen LogP contribution in [0.3, 0.4) is 0 Å². The third-order valence-electron chi connectivity index (χ3n) is 2.60. The molecule has 0 amide bonds. The minimum Gasteiger partial charge on any atom is -0.612 e. The average Bonchev–Trinajstić information content (AvgIpc) is 2.36. The van der Waals surface area contributed by atoms with Gasteiger partial charge < -0.3 is 24.9 Å². The normalized spacial score (nSPS) is 22.0. The molecule has 3 atom stereocenters. The number of aliphatic hydroxyl groups excluding tert-OH is 1. The lowest BCUT2D eigenvalue weighted by Crippen LogP contribution is -2.43. The van der Waals surface area contributed by atoms with E-state index in [0.717, 1.165) is 0 Å². The van der Waals surface area contributed by atoms with Crippen LogP contribution in [0.2, 0.25) is 0 Å². The summed E-state index contributed by atoms with van der Waals surface area (Å²) < 4.78 is 22.3. The van der Waals surface area contributed by atoms with E-state index < -0.39 is 23.4 Å².